The van der Waals surface area contributed by atoms with Crippen LogP contribution in [0.5, 0.6) is 11.5 Å². The summed E-state index contributed by atoms with van der Waals surface area (Å²) in [6.07, 6.45) is 0.343. The highest BCUT2D eigenvalue weighted by atomic mass is 35.5. The molecule has 4 atom stereocenters. The molecule has 0 radical (unpaired) electrons. The molecule has 0 spiro atoms. The lowest BCUT2D eigenvalue weighted by Gasteiger charge is -2.43. The number of likely N-dealkylation sites (N-methyl/N-ethyl adjacent to an activating group) is 1. The Morgan fingerprint density at radius 3 is 2.20 bits per heavy atom. The summed E-state index contributed by atoms with van der Waals surface area (Å²) in [5.74, 6) is 0.0776. The van der Waals surface area contributed by atoms with Crippen LogP contribution >= 0.6 is 23.2 Å². The molecule has 0 bridgehead atoms. The average Bonchev–Trinajstić information content (AvgIpc) is 3.33. The Morgan fingerprint density at radius 1 is 0.877 bits per heavy atom. The Morgan fingerprint density at radius 2 is 1.55 bits per heavy atom. The molecule has 0 aromatic heterocycles. The Labute approximate surface area is 389 Å². The summed E-state index contributed by atoms with van der Waals surface area (Å²) >= 11 is 12.2. The second kappa shape index (κ2) is 19.2. The Kier molecular flexibility index (Phi) is 13.3. The normalized spacial score (nSPS) is 17.1. The second-order valence-electron chi connectivity index (χ2n) is 16.7. The van der Waals surface area contributed by atoms with Gasteiger partial charge in [-0.05, 0) is 107 Å². The molecular formula is C53H48Cl2N4O6. The number of carbonyl (C=O) groups excluding carboxylic acids is 3. The number of benzene rings is 6. The molecule has 0 saturated carbocycles. The Balaban J connectivity index is 1.05. The maximum Gasteiger partial charge on any atom is 0.331 e. The Bertz CT molecular complexity index is 2760. The van der Waals surface area contributed by atoms with E-state index in [0.717, 1.165) is 45.4 Å². The quantitative estimate of drug-likeness (QED) is 0.114. The number of anilines is 1. The van der Waals surface area contributed by atoms with Crippen molar-refractivity contribution in [2.45, 2.75) is 70.0 Å². The van der Waals surface area contributed by atoms with Gasteiger partial charge >= 0.3 is 5.97 Å². The van der Waals surface area contributed by atoms with E-state index in [1.807, 2.05) is 97.1 Å². The lowest BCUT2D eigenvalue weighted by molar-refractivity contribution is -0.151. The summed E-state index contributed by atoms with van der Waals surface area (Å²) in [5, 5.41) is 13.3. The average molecular weight is 908 g/mol. The van der Waals surface area contributed by atoms with Gasteiger partial charge in [0.05, 0.1) is 40.5 Å². The van der Waals surface area contributed by atoms with E-state index in [0.29, 0.717) is 57.9 Å². The summed E-state index contributed by atoms with van der Waals surface area (Å²) < 4.78 is 17.8. The third kappa shape index (κ3) is 9.59. The van der Waals surface area contributed by atoms with Crippen molar-refractivity contribution in [3.05, 3.63) is 182 Å². The number of nitrogens with zero attached hydrogens (tertiary/aromatic N) is 3. The van der Waals surface area contributed by atoms with Crippen LogP contribution in [0.15, 0.2) is 133 Å². The van der Waals surface area contributed by atoms with Gasteiger partial charge < -0.3 is 24.4 Å². The fourth-order valence-corrected chi connectivity index (χ4v) is 9.13. The highest BCUT2D eigenvalue weighted by Gasteiger charge is 2.43. The van der Waals surface area contributed by atoms with E-state index in [4.69, 9.17) is 37.4 Å². The van der Waals surface area contributed by atoms with Crippen molar-refractivity contribution in [2.24, 2.45) is 0 Å². The van der Waals surface area contributed by atoms with Gasteiger partial charge in [0.2, 0.25) is 12.0 Å². The fraction of sp³-hybridized carbons (Fsp3) is 0.245. The molecule has 10 nitrogen and oxygen atoms in total. The van der Waals surface area contributed by atoms with Crippen molar-refractivity contribution in [3.63, 3.8) is 0 Å². The molecule has 65 heavy (non-hydrogen) atoms. The summed E-state index contributed by atoms with van der Waals surface area (Å²) in [6.45, 7) is 4.51. The molecule has 0 fully saturated rings. The van der Waals surface area contributed by atoms with Crippen LogP contribution in [0.4, 0.5) is 5.69 Å². The van der Waals surface area contributed by atoms with Crippen LogP contribution in [0.1, 0.15) is 71.4 Å². The van der Waals surface area contributed by atoms with Crippen LogP contribution < -0.4 is 19.7 Å². The van der Waals surface area contributed by atoms with Crippen LogP contribution in [-0.2, 0) is 45.1 Å². The number of amides is 2. The molecular weight excluding hydrogens is 860 g/mol. The molecule has 2 amide bonds. The van der Waals surface area contributed by atoms with Crippen LogP contribution in [0.3, 0.4) is 0 Å². The highest BCUT2D eigenvalue weighted by molar-refractivity contribution is 6.42. The highest BCUT2D eigenvalue weighted by Crippen LogP contribution is 2.44. The molecule has 330 valence electrons. The van der Waals surface area contributed by atoms with Gasteiger partial charge in [-0.1, -0.05) is 115 Å². The molecule has 2 aliphatic rings. The van der Waals surface area contributed by atoms with Crippen molar-refractivity contribution >= 4 is 46.7 Å². The zero-order valence-electron chi connectivity index (χ0n) is 36.5. The van der Waals surface area contributed by atoms with E-state index in [1.54, 1.807) is 43.1 Å². The summed E-state index contributed by atoms with van der Waals surface area (Å²) in [6, 6.07) is 43.2. The molecule has 2 heterocycles. The van der Waals surface area contributed by atoms with Crippen LogP contribution in [0, 0.1) is 11.3 Å². The predicted octanol–water partition coefficient (Wildman–Crippen LogP) is 10.4. The number of hydrogen-bond acceptors (Lipinski definition) is 8. The second-order valence-corrected chi connectivity index (χ2v) is 17.5. The molecule has 1 N–H and O–H groups in total. The first kappa shape index (κ1) is 44.9. The minimum atomic E-state index is -1.40. The number of ether oxygens (including phenoxy) is 3. The molecule has 0 saturated heterocycles. The third-order valence-corrected chi connectivity index (χ3v) is 13.1. The molecule has 0 aliphatic carbocycles. The maximum absolute atomic E-state index is 14.9. The van der Waals surface area contributed by atoms with Crippen LogP contribution in [0.25, 0.3) is 11.1 Å². The van der Waals surface area contributed by atoms with E-state index < -0.39 is 23.7 Å². The zero-order chi connectivity index (χ0) is 45.8. The Hall–Kier alpha value is -6.64. The van der Waals surface area contributed by atoms with Crippen molar-refractivity contribution in [3.8, 4) is 28.7 Å². The van der Waals surface area contributed by atoms with Crippen molar-refractivity contribution in [2.75, 3.05) is 19.1 Å². The lowest BCUT2D eigenvalue weighted by atomic mass is 9.87. The monoisotopic (exact) mass is 906 g/mol. The number of rotatable bonds is 13. The number of halogens is 2. The van der Waals surface area contributed by atoms with E-state index in [-0.39, 0.29) is 24.3 Å². The van der Waals surface area contributed by atoms with Crippen molar-refractivity contribution in [1.29, 1.82) is 5.26 Å². The molecule has 2 aliphatic heterocycles. The number of nitriles is 1. The summed E-state index contributed by atoms with van der Waals surface area (Å²) in [5.41, 5.74) is 7.04. The number of esters is 1. The summed E-state index contributed by atoms with van der Waals surface area (Å²) in [7, 11) is 3.06. The maximum atomic E-state index is 14.9. The van der Waals surface area contributed by atoms with Crippen LogP contribution in [0.2, 0.25) is 10.0 Å². The molecule has 6 aromatic carbocycles. The van der Waals surface area contributed by atoms with Gasteiger partial charge in [-0.2, -0.15) is 5.26 Å². The minimum absolute atomic E-state index is 0.134. The van der Waals surface area contributed by atoms with Gasteiger partial charge in [0.25, 0.3) is 5.91 Å². The third-order valence-electron chi connectivity index (χ3n) is 12.3. The van der Waals surface area contributed by atoms with Crippen molar-refractivity contribution < 1.29 is 28.6 Å². The van der Waals surface area contributed by atoms with Crippen molar-refractivity contribution in [1.82, 2.24) is 10.2 Å². The molecule has 12 heteroatoms. The molecule has 8 rings (SSSR count). The lowest BCUT2D eigenvalue weighted by Crippen LogP contribution is -2.60. The van der Waals surface area contributed by atoms with Crippen LogP contribution in [-0.4, -0.2) is 48.4 Å². The molecule has 6 aromatic rings. The SMILES string of the molecule is CC[C@@H](c1ccccc1)N1Cc2cc3c(cc2CC1C(=O)NC(C)(Cc1ccc(-c2ccc(C#N)cc2)cc1)C(=O)OC)N(C)C(=O)C(c1ccc(OCc2ccc(Cl)c(Cl)c2)cc1)O3. The smallest absolute Gasteiger partial charge is 0.331 e. The fourth-order valence-electron chi connectivity index (χ4n) is 8.81. The number of fused-ring (bicyclic) bond motifs is 2. The van der Waals surface area contributed by atoms with Gasteiger partial charge in [-0.3, -0.25) is 14.5 Å². The minimum Gasteiger partial charge on any atom is -0.489 e. The van der Waals surface area contributed by atoms with E-state index in [1.165, 1.54) is 7.11 Å². The van der Waals surface area contributed by atoms with Gasteiger partial charge in [-0.25, -0.2) is 4.79 Å². The zero-order valence-corrected chi connectivity index (χ0v) is 38.0. The van der Waals surface area contributed by atoms with Gasteiger partial charge in [0, 0.05) is 31.6 Å². The van der Waals surface area contributed by atoms with E-state index in [9.17, 15) is 19.6 Å². The number of carbonyl (C=O) groups is 3. The van der Waals surface area contributed by atoms with E-state index >= 15 is 0 Å². The first-order valence-electron chi connectivity index (χ1n) is 21.4. The summed E-state index contributed by atoms with van der Waals surface area (Å²) in [4.78, 5) is 46.3. The standard InChI is InChI=1S/C53H48Cl2N4O6/c1-5-45(38-9-7-6-8-10-38)59-31-41-28-48-46(58(3)51(61)49(65-48)39-20-22-42(23-21-39)64-32-35-15-24-43(54)44(55)25-35)26-40(41)27-47(59)50(60)57-53(2,52(62)63-4)29-33-11-16-36(17-12-33)37-18-13-34(30-56)14-19-37/h6-26,28,45,47,49H,5,27,29,31-32H2,1-4H3,(H,57,60)/t45-,47?,49?,53?/m0/s1. The van der Waals surface area contributed by atoms with Gasteiger partial charge in [-0.15, -0.1) is 0 Å². The topological polar surface area (TPSA) is 121 Å². The number of nitrogens with one attached hydrogen (secondary N) is 1. The number of methoxy groups -OCH3 is 1. The largest absolute Gasteiger partial charge is 0.489 e. The van der Waals surface area contributed by atoms with E-state index in [2.05, 4.69) is 35.3 Å². The molecule has 3 unspecified atom stereocenters. The predicted molar refractivity (Wildman–Crippen MR) is 252 cm³/mol. The first-order valence-corrected chi connectivity index (χ1v) is 22.2. The number of hydrogen-bond donors (Lipinski definition) is 1. The first-order chi connectivity index (χ1) is 31.4. The van der Waals surface area contributed by atoms with Gasteiger partial charge in [0.15, 0.2) is 0 Å². The van der Waals surface area contributed by atoms with Gasteiger partial charge in [0.1, 0.15) is 23.6 Å².